The van der Waals surface area contributed by atoms with Crippen molar-refractivity contribution in [3.8, 4) is 5.75 Å². The van der Waals surface area contributed by atoms with Crippen molar-refractivity contribution in [1.29, 1.82) is 0 Å². The van der Waals surface area contributed by atoms with Gasteiger partial charge in [-0.15, -0.1) is 0 Å². The maximum Gasteiger partial charge on any atom is 0.251 e. The molecule has 2 N–H and O–H groups in total. The van der Waals surface area contributed by atoms with E-state index in [1.165, 1.54) is 10.4 Å². The Morgan fingerprint density at radius 1 is 1.11 bits per heavy atom. The third-order valence-electron chi connectivity index (χ3n) is 4.38. The van der Waals surface area contributed by atoms with Crippen LogP contribution < -0.4 is 5.32 Å². The lowest BCUT2D eigenvalue weighted by Crippen LogP contribution is -2.31. The Hall–Kier alpha value is -2.38. The minimum atomic E-state index is -3.63. The summed E-state index contributed by atoms with van der Waals surface area (Å²) in [7, 11) is -3.63. The van der Waals surface area contributed by atoms with Crippen molar-refractivity contribution in [3.05, 3.63) is 59.2 Å². The Labute approximate surface area is 160 Å². The maximum absolute atomic E-state index is 12.8. The summed E-state index contributed by atoms with van der Waals surface area (Å²) in [5, 5.41) is 12.3. The van der Waals surface area contributed by atoms with E-state index >= 15 is 0 Å². The van der Waals surface area contributed by atoms with Crippen LogP contribution in [0.3, 0.4) is 0 Å². The third kappa shape index (κ3) is 5.08. The van der Waals surface area contributed by atoms with Crippen LogP contribution in [0.4, 0.5) is 0 Å². The number of carbonyl (C=O) groups excluding carboxylic acids is 1. The largest absolute Gasteiger partial charge is 0.508 e. The smallest absolute Gasteiger partial charge is 0.251 e. The molecule has 0 aromatic heterocycles. The van der Waals surface area contributed by atoms with Gasteiger partial charge in [-0.05, 0) is 48.7 Å². The Kier molecular flexibility index (Phi) is 6.98. The maximum atomic E-state index is 12.8. The first-order valence-electron chi connectivity index (χ1n) is 8.96. The van der Waals surface area contributed by atoms with Gasteiger partial charge in [0.05, 0.1) is 4.90 Å². The average molecular weight is 391 g/mol. The van der Waals surface area contributed by atoms with Crippen LogP contribution in [0.2, 0.25) is 0 Å². The van der Waals surface area contributed by atoms with E-state index in [4.69, 9.17) is 0 Å². The summed E-state index contributed by atoms with van der Waals surface area (Å²) in [4.78, 5) is 12.6. The number of benzene rings is 2. The number of rotatable bonds is 8. The molecule has 0 atom stereocenters. The molecule has 6 nitrogen and oxygen atoms in total. The lowest BCUT2D eigenvalue weighted by Gasteiger charge is -2.20. The van der Waals surface area contributed by atoms with E-state index in [2.05, 4.69) is 5.32 Å². The van der Waals surface area contributed by atoms with Crippen molar-refractivity contribution in [1.82, 2.24) is 9.62 Å². The topological polar surface area (TPSA) is 86.7 Å². The number of nitrogens with zero attached hydrogens (tertiary/aromatic N) is 1. The summed E-state index contributed by atoms with van der Waals surface area (Å²) in [5.74, 6) is -0.144. The molecule has 0 saturated carbocycles. The molecular weight excluding hydrogens is 364 g/mol. The van der Waals surface area contributed by atoms with Gasteiger partial charge in [-0.1, -0.05) is 32.0 Å². The number of hydrogen-bond acceptors (Lipinski definition) is 4. The van der Waals surface area contributed by atoms with Crippen molar-refractivity contribution in [2.45, 2.75) is 32.1 Å². The van der Waals surface area contributed by atoms with Crippen LogP contribution in [0.15, 0.2) is 47.4 Å². The molecule has 1 amide bonds. The number of carbonyl (C=O) groups is 1. The van der Waals surface area contributed by atoms with Gasteiger partial charge in [0.25, 0.3) is 5.91 Å². The van der Waals surface area contributed by atoms with Gasteiger partial charge in [0.15, 0.2) is 0 Å². The Morgan fingerprint density at radius 3 is 2.44 bits per heavy atom. The van der Waals surface area contributed by atoms with E-state index in [1.807, 2.05) is 6.07 Å². The summed E-state index contributed by atoms with van der Waals surface area (Å²) < 4.78 is 27.0. The van der Waals surface area contributed by atoms with Crippen molar-refractivity contribution in [2.75, 3.05) is 19.6 Å². The molecule has 0 unspecified atom stereocenters. The predicted octanol–water partition coefficient (Wildman–Crippen LogP) is 2.70. The van der Waals surface area contributed by atoms with E-state index < -0.39 is 10.0 Å². The summed E-state index contributed by atoms with van der Waals surface area (Å²) >= 11 is 0. The van der Waals surface area contributed by atoms with Crippen molar-refractivity contribution in [3.63, 3.8) is 0 Å². The van der Waals surface area contributed by atoms with Gasteiger partial charge in [0.1, 0.15) is 5.75 Å². The van der Waals surface area contributed by atoms with Gasteiger partial charge in [-0.25, -0.2) is 8.42 Å². The molecule has 2 aromatic rings. The van der Waals surface area contributed by atoms with E-state index in [-0.39, 0.29) is 16.6 Å². The third-order valence-corrected chi connectivity index (χ3v) is 6.58. The molecule has 2 aromatic carbocycles. The van der Waals surface area contributed by atoms with Gasteiger partial charge in [0.2, 0.25) is 10.0 Å². The lowest BCUT2D eigenvalue weighted by molar-refractivity contribution is 0.0954. The molecule has 0 radical (unpaired) electrons. The second-order valence-corrected chi connectivity index (χ2v) is 8.15. The number of nitrogens with one attached hydrogen (secondary N) is 1. The van der Waals surface area contributed by atoms with Crippen molar-refractivity contribution in [2.24, 2.45) is 0 Å². The quantitative estimate of drug-likeness (QED) is 0.726. The first-order valence-corrected chi connectivity index (χ1v) is 10.4. The minimum absolute atomic E-state index is 0.159. The fourth-order valence-electron chi connectivity index (χ4n) is 2.86. The summed E-state index contributed by atoms with van der Waals surface area (Å²) in [6.45, 7) is 6.42. The number of sulfonamides is 1. The van der Waals surface area contributed by atoms with E-state index in [9.17, 15) is 18.3 Å². The van der Waals surface area contributed by atoms with Crippen LogP contribution in [0.25, 0.3) is 0 Å². The molecule has 0 aliphatic carbocycles. The summed E-state index contributed by atoms with van der Waals surface area (Å²) in [6.07, 6.45) is 0.566. The highest BCUT2D eigenvalue weighted by Crippen LogP contribution is 2.21. The molecule has 7 heteroatoms. The number of amides is 1. The average Bonchev–Trinajstić information content (AvgIpc) is 2.62. The van der Waals surface area contributed by atoms with Crippen LogP contribution in [0.1, 0.15) is 35.3 Å². The first-order chi connectivity index (χ1) is 12.8. The zero-order chi connectivity index (χ0) is 20.0. The SMILES string of the molecule is CCN(CC)S(=O)(=O)c1cc(C(=O)NCCc2cccc(O)c2)ccc1C. The Morgan fingerprint density at radius 2 is 1.81 bits per heavy atom. The molecule has 0 bridgehead atoms. The number of aryl methyl sites for hydroxylation is 1. The number of aromatic hydroxyl groups is 1. The van der Waals surface area contributed by atoms with Crippen molar-refractivity contribution < 1.29 is 18.3 Å². The predicted molar refractivity (Wildman–Crippen MR) is 105 cm³/mol. The number of phenols is 1. The van der Waals surface area contributed by atoms with Crippen LogP contribution in [-0.2, 0) is 16.4 Å². The van der Waals surface area contributed by atoms with Gasteiger partial charge in [-0.3, -0.25) is 4.79 Å². The van der Waals surface area contributed by atoms with Crippen LogP contribution in [0, 0.1) is 6.92 Å². The van der Waals surface area contributed by atoms with Crippen molar-refractivity contribution >= 4 is 15.9 Å². The molecular formula is C20H26N2O4S. The highest BCUT2D eigenvalue weighted by molar-refractivity contribution is 7.89. The molecule has 0 fully saturated rings. The second-order valence-electron chi connectivity index (χ2n) is 6.25. The molecule has 2 rings (SSSR count). The van der Waals surface area contributed by atoms with Gasteiger partial charge < -0.3 is 10.4 Å². The molecule has 0 aliphatic heterocycles. The number of hydrogen-bond donors (Lipinski definition) is 2. The monoisotopic (exact) mass is 390 g/mol. The summed E-state index contributed by atoms with van der Waals surface area (Å²) in [5.41, 5.74) is 1.82. The van der Waals surface area contributed by atoms with Gasteiger partial charge >= 0.3 is 0 Å². The summed E-state index contributed by atoms with van der Waals surface area (Å²) in [6, 6.07) is 11.6. The molecule has 0 spiro atoms. The van der Waals surface area contributed by atoms with Crippen LogP contribution >= 0.6 is 0 Å². The molecule has 146 valence electrons. The van der Waals surface area contributed by atoms with E-state index in [0.717, 1.165) is 5.56 Å². The van der Waals surface area contributed by atoms with E-state index in [0.29, 0.717) is 37.2 Å². The Bertz CT molecular complexity index is 906. The zero-order valence-corrected chi connectivity index (χ0v) is 16.7. The molecule has 27 heavy (non-hydrogen) atoms. The zero-order valence-electron chi connectivity index (χ0n) is 15.9. The second kappa shape index (κ2) is 9.01. The number of phenolic OH excluding ortho intramolecular Hbond substituents is 1. The fraction of sp³-hybridized carbons (Fsp3) is 0.350. The van der Waals surface area contributed by atoms with Gasteiger partial charge in [-0.2, -0.15) is 4.31 Å². The van der Waals surface area contributed by atoms with E-state index in [1.54, 1.807) is 51.1 Å². The minimum Gasteiger partial charge on any atom is -0.508 e. The fourth-order valence-corrected chi connectivity index (χ4v) is 4.57. The highest BCUT2D eigenvalue weighted by Gasteiger charge is 2.24. The van der Waals surface area contributed by atoms with Crippen LogP contribution in [0.5, 0.6) is 5.75 Å². The van der Waals surface area contributed by atoms with Gasteiger partial charge in [0, 0.05) is 25.2 Å². The lowest BCUT2D eigenvalue weighted by atomic mass is 10.1. The molecule has 0 saturated heterocycles. The Balaban J connectivity index is 2.13. The highest BCUT2D eigenvalue weighted by atomic mass is 32.2. The normalized spacial score (nSPS) is 11.6. The standard InChI is InChI=1S/C20H26N2O4S/c1-4-22(5-2)27(25,26)19-14-17(10-9-15(19)3)20(24)21-12-11-16-7-6-8-18(23)13-16/h6-10,13-14,23H,4-5,11-12H2,1-3H3,(H,21,24). The van der Waals surface area contributed by atoms with Crippen LogP contribution in [-0.4, -0.2) is 43.4 Å². The first kappa shape index (κ1) is 20.9. The molecule has 0 heterocycles. The molecule has 0 aliphatic rings.